The fourth-order valence-corrected chi connectivity index (χ4v) is 3.38. The highest BCUT2D eigenvalue weighted by molar-refractivity contribution is 5.75. The van der Waals surface area contributed by atoms with Crippen LogP contribution in [0.25, 0.3) is 11.4 Å². The highest BCUT2D eigenvalue weighted by Gasteiger charge is 2.15. The maximum Gasteiger partial charge on any atom is 0.226 e. The molecule has 0 saturated carbocycles. The summed E-state index contributed by atoms with van der Waals surface area (Å²) in [6, 6.07) is 7.50. The molecule has 1 N–H and O–H groups in total. The molecule has 1 fully saturated rings. The number of nitrogens with one attached hydrogen (secondary N) is 1. The molecule has 0 bridgehead atoms. The summed E-state index contributed by atoms with van der Waals surface area (Å²) in [5.74, 6) is 1.96. The summed E-state index contributed by atoms with van der Waals surface area (Å²) < 4.78 is 10.5. The third kappa shape index (κ3) is 6.54. The van der Waals surface area contributed by atoms with Crippen LogP contribution >= 0.6 is 0 Å². The molecule has 0 radical (unpaired) electrons. The van der Waals surface area contributed by atoms with Crippen molar-refractivity contribution in [2.24, 2.45) is 0 Å². The summed E-state index contributed by atoms with van der Waals surface area (Å²) in [6.45, 7) is 9.33. The molecule has 2 heterocycles. The monoisotopic (exact) mass is 401 g/mol. The molecule has 29 heavy (non-hydrogen) atoms. The zero-order chi connectivity index (χ0) is 20.5. The molecule has 1 saturated heterocycles. The van der Waals surface area contributed by atoms with Crippen LogP contribution in [0.4, 0.5) is 0 Å². The van der Waals surface area contributed by atoms with Crippen molar-refractivity contribution in [2.45, 2.75) is 26.2 Å². The Labute approximate surface area is 172 Å². The number of rotatable bonds is 10. The largest absolute Gasteiger partial charge is 0.497 e. The molecule has 0 unspecified atom stereocenters. The number of hydrogen-bond donors (Lipinski definition) is 1. The summed E-state index contributed by atoms with van der Waals surface area (Å²) in [6.07, 6.45) is 1.74. The minimum absolute atomic E-state index is 0.0760. The van der Waals surface area contributed by atoms with Gasteiger partial charge in [0.15, 0.2) is 0 Å². The third-order valence-electron chi connectivity index (χ3n) is 5.27. The number of methoxy groups -OCH3 is 1. The lowest BCUT2D eigenvalue weighted by atomic mass is 10.2. The van der Waals surface area contributed by atoms with Gasteiger partial charge in [-0.3, -0.25) is 9.69 Å². The van der Waals surface area contributed by atoms with E-state index in [2.05, 4.69) is 32.2 Å². The lowest BCUT2D eigenvalue weighted by Crippen LogP contribution is -2.48. The third-order valence-corrected chi connectivity index (χ3v) is 5.27. The Hall–Kier alpha value is -2.45. The number of ether oxygens (including phenoxy) is 1. The average Bonchev–Trinajstić information content (AvgIpc) is 3.23. The van der Waals surface area contributed by atoms with Crippen LogP contribution in [0.3, 0.4) is 0 Å². The van der Waals surface area contributed by atoms with Crippen LogP contribution in [0.2, 0.25) is 0 Å². The predicted molar refractivity (Wildman–Crippen MR) is 111 cm³/mol. The molecule has 0 spiro atoms. The first kappa shape index (κ1) is 21.3. The summed E-state index contributed by atoms with van der Waals surface area (Å²) in [5, 5.41) is 7.03. The van der Waals surface area contributed by atoms with Gasteiger partial charge in [-0.15, -0.1) is 0 Å². The number of aryl methyl sites for hydroxylation is 1. The SMILES string of the molecule is CCN1CCN(CCNC(=O)CCCc2nc(-c3ccc(OC)cc3)no2)CC1. The molecular weight excluding hydrogens is 370 g/mol. The maximum absolute atomic E-state index is 12.0. The second kappa shape index (κ2) is 10.9. The normalized spacial score (nSPS) is 15.4. The van der Waals surface area contributed by atoms with Gasteiger partial charge in [0.2, 0.25) is 17.6 Å². The van der Waals surface area contributed by atoms with E-state index in [1.165, 1.54) is 0 Å². The highest BCUT2D eigenvalue weighted by Crippen LogP contribution is 2.20. The van der Waals surface area contributed by atoms with E-state index in [4.69, 9.17) is 9.26 Å². The number of piperazine rings is 1. The number of carbonyl (C=O) groups is 1. The van der Waals surface area contributed by atoms with E-state index >= 15 is 0 Å². The first-order chi connectivity index (χ1) is 14.2. The van der Waals surface area contributed by atoms with Crippen molar-refractivity contribution in [1.82, 2.24) is 25.3 Å². The van der Waals surface area contributed by atoms with E-state index in [1.807, 2.05) is 24.3 Å². The number of carbonyl (C=O) groups excluding carboxylic acids is 1. The first-order valence-electron chi connectivity index (χ1n) is 10.4. The smallest absolute Gasteiger partial charge is 0.226 e. The van der Waals surface area contributed by atoms with Gasteiger partial charge in [0, 0.05) is 57.7 Å². The molecule has 8 nitrogen and oxygen atoms in total. The molecule has 3 rings (SSSR count). The molecule has 1 aromatic carbocycles. The minimum Gasteiger partial charge on any atom is -0.497 e. The van der Waals surface area contributed by atoms with Crippen molar-refractivity contribution in [3.05, 3.63) is 30.2 Å². The van der Waals surface area contributed by atoms with Gasteiger partial charge in [-0.1, -0.05) is 12.1 Å². The van der Waals surface area contributed by atoms with E-state index in [0.29, 0.717) is 37.5 Å². The van der Waals surface area contributed by atoms with Crippen molar-refractivity contribution in [1.29, 1.82) is 0 Å². The average molecular weight is 402 g/mol. The van der Waals surface area contributed by atoms with Crippen LogP contribution in [0.5, 0.6) is 5.75 Å². The van der Waals surface area contributed by atoms with Crippen LogP contribution in [-0.4, -0.2) is 78.8 Å². The van der Waals surface area contributed by atoms with Gasteiger partial charge in [0.25, 0.3) is 0 Å². The molecule has 2 aromatic rings. The molecule has 1 amide bonds. The Morgan fingerprint density at radius 1 is 1.17 bits per heavy atom. The van der Waals surface area contributed by atoms with Crippen molar-refractivity contribution in [2.75, 3.05) is 52.9 Å². The molecule has 158 valence electrons. The Kier molecular flexibility index (Phi) is 8.01. The molecule has 8 heteroatoms. The van der Waals surface area contributed by atoms with Crippen LogP contribution in [0.15, 0.2) is 28.8 Å². The van der Waals surface area contributed by atoms with E-state index in [9.17, 15) is 4.79 Å². The number of amides is 1. The van der Waals surface area contributed by atoms with Gasteiger partial charge in [0.05, 0.1) is 7.11 Å². The van der Waals surface area contributed by atoms with Gasteiger partial charge in [-0.05, 0) is 37.2 Å². The standard InChI is InChI=1S/C21H31N5O3/c1-3-25-13-15-26(16-14-25)12-11-22-19(27)5-4-6-20-23-21(24-29-20)17-7-9-18(28-2)10-8-17/h7-10H,3-6,11-16H2,1-2H3,(H,22,27). The summed E-state index contributed by atoms with van der Waals surface area (Å²) in [7, 11) is 1.63. The zero-order valence-electron chi connectivity index (χ0n) is 17.4. The number of aromatic nitrogens is 2. The number of benzene rings is 1. The Balaban J connectivity index is 1.31. The van der Waals surface area contributed by atoms with E-state index in [-0.39, 0.29) is 5.91 Å². The van der Waals surface area contributed by atoms with Crippen molar-refractivity contribution in [3.8, 4) is 17.1 Å². The zero-order valence-corrected chi connectivity index (χ0v) is 17.4. The van der Waals surface area contributed by atoms with Crippen LogP contribution in [0, 0.1) is 0 Å². The molecule has 1 aliphatic heterocycles. The Morgan fingerprint density at radius 2 is 1.90 bits per heavy atom. The molecule has 0 atom stereocenters. The van der Waals surface area contributed by atoms with Gasteiger partial charge in [0.1, 0.15) is 5.75 Å². The number of nitrogens with zero attached hydrogens (tertiary/aromatic N) is 4. The minimum atomic E-state index is 0.0760. The van der Waals surface area contributed by atoms with Crippen LogP contribution in [-0.2, 0) is 11.2 Å². The molecule has 1 aliphatic rings. The van der Waals surface area contributed by atoms with Gasteiger partial charge >= 0.3 is 0 Å². The van der Waals surface area contributed by atoms with Crippen molar-refractivity contribution >= 4 is 5.91 Å². The summed E-state index contributed by atoms with van der Waals surface area (Å²) in [5.41, 5.74) is 0.873. The predicted octanol–water partition coefficient (Wildman–Crippen LogP) is 1.82. The number of hydrogen-bond acceptors (Lipinski definition) is 7. The molecular formula is C21H31N5O3. The van der Waals surface area contributed by atoms with Crippen molar-refractivity contribution < 1.29 is 14.1 Å². The summed E-state index contributed by atoms with van der Waals surface area (Å²) >= 11 is 0. The van der Waals surface area contributed by atoms with Gasteiger partial charge in [-0.25, -0.2) is 0 Å². The molecule has 1 aromatic heterocycles. The Bertz CT molecular complexity index is 754. The van der Waals surface area contributed by atoms with Gasteiger partial charge in [-0.2, -0.15) is 4.98 Å². The first-order valence-corrected chi connectivity index (χ1v) is 10.4. The molecule has 0 aliphatic carbocycles. The topological polar surface area (TPSA) is 83.7 Å². The highest BCUT2D eigenvalue weighted by atomic mass is 16.5. The second-order valence-corrected chi connectivity index (χ2v) is 7.22. The fraction of sp³-hybridized carbons (Fsp3) is 0.571. The quantitative estimate of drug-likeness (QED) is 0.650. The van der Waals surface area contributed by atoms with E-state index < -0.39 is 0 Å². The van der Waals surface area contributed by atoms with Crippen molar-refractivity contribution in [3.63, 3.8) is 0 Å². The second-order valence-electron chi connectivity index (χ2n) is 7.22. The fourth-order valence-electron chi connectivity index (χ4n) is 3.38. The van der Waals surface area contributed by atoms with Crippen LogP contribution in [0.1, 0.15) is 25.7 Å². The summed E-state index contributed by atoms with van der Waals surface area (Å²) in [4.78, 5) is 21.3. The van der Waals surface area contributed by atoms with Gasteiger partial charge < -0.3 is 19.5 Å². The lowest BCUT2D eigenvalue weighted by Gasteiger charge is -2.33. The van der Waals surface area contributed by atoms with E-state index in [0.717, 1.165) is 50.6 Å². The number of likely N-dealkylation sites (N-methyl/N-ethyl adjacent to an activating group) is 1. The maximum atomic E-state index is 12.0. The Morgan fingerprint density at radius 3 is 2.59 bits per heavy atom. The van der Waals surface area contributed by atoms with E-state index in [1.54, 1.807) is 7.11 Å². The lowest BCUT2D eigenvalue weighted by molar-refractivity contribution is -0.121. The van der Waals surface area contributed by atoms with Crippen LogP contribution < -0.4 is 10.1 Å².